The van der Waals surface area contributed by atoms with Crippen molar-refractivity contribution >= 4 is 23.4 Å². The molecule has 3 nitrogen and oxygen atoms in total. The molecule has 0 radical (unpaired) electrons. The van der Waals surface area contributed by atoms with Crippen LogP contribution in [0, 0.1) is 5.82 Å². The second-order valence-electron chi connectivity index (χ2n) is 3.27. The lowest BCUT2D eigenvalue weighted by Crippen LogP contribution is -2.12. The summed E-state index contributed by atoms with van der Waals surface area (Å²) in [6, 6.07) is 3.39. The van der Waals surface area contributed by atoms with Gasteiger partial charge < -0.3 is 4.74 Å². The number of alkyl halides is 1. The summed E-state index contributed by atoms with van der Waals surface area (Å²) in [5, 5.41) is 0. The lowest BCUT2D eigenvalue weighted by Gasteiger charge is -2.07. The van der Waals surface area contributed by atoms with Crippen molar-refractivity contribution in [3.8, 4) is 0 Å². The van der Waals surface area contributed by atoms with Crippen molar-refractivity contribution in [2.24, 2.45) is 0 Å². The molecule has 5 heteroatoms. The van der Waals surface area contributed by atoms with Crippen LogP contribution in [-0.4, -0.2) is 24.2 Å². The summed E-state index contributed by atoms with van der Waals surface area (Å²) in [6.45, 7) is 1.85. The number of ether oxygens (including phenoxy) is 1. The molecule has 1 aromatic carbocycles. The molecule has 0 fully saturated rings. The Balaban J connectivity index is 3.11. The molecule has 0 spiro atoms. The van der Waals surface area contributed by atoms with Crippen LogP contribution in [0.5, 0.6) is 0 Å². The Morgan fingerprint density at radius 2 is 2.06 bits per heavy atom. The third-order valence-electron chi connectivity index (χ3n) is 2.10. The monoisotopic (exact) mass is 258 g/mol. The average Bonchev–Trinajstić information content (AvgIpc) is 2.29. The largest absolute Gasteiger partial charge is 0.462 e. The summed E-state index contributed by atoms with van der Waals surface area (Å²) in [6.07, 6.45) is 0.0530. The predicted octanol–water partition coefficient (Wildman–Crippen LogP) is 2.81. The number of ketones is 1. The van der Waals surface area contributed by atoms with Crippen LogP contribution in [0.3, 0.4) is 0 Å². The fraction of sp³-hybridized carbons (Fsp3) is 0.333. The maximum Gasteiger partial charge on any atom is 0.338 e. The Morgan fingerprint density at radius 1 is 1.35 bits per heavy atom. The van der Waals surface area contributed by atoms with E-state index in [1.807, 2.05) is 0 Å². The van der Waals surface area contributed by atoms with E-state index in [0.29, 0.717) is 0 Å². The van der Waals surface area contributed by atoms with Gasteiger partial charge in [0.1, 0.15) is 5.82 Å². The molecule has 0 bridgehead atoms. The van der Waals surface area contributed by atoms with Gasteiger partial charge in [-0.15, -0.1) is 11.6 Å². The van der Waals surface area contributed by atoms with Crippen LogP contribution in [-0.2, 0) is 4.74 Å². The van der Waals surface area contributed by atoms with E-state index < -0.39 is 11.8 Å². The van der Waals surface area contributed by atoms with Crippen molar-refractivity contribution in [3.63, 3.8) is 0 Å². The van der Waals surface area contributed by atoms with Crippen molar-refractivity contribution in [1.82, 2.24) is 0 Å². The quantitative estimate of drug-likeness (QED) is 0.463. The van der Waals surface area contributed by atoms with Crippen LogP contribution in [0.1, 0.15) is 34.1 Å². The number of carbonyl (C=O) groups is 2. The number of hydrogen-bond acceptors (Lipinski definition) is 3. The summed E-state index contributed by atoms with van der Waals surface area (Å²) >= 11 is 5.45. The molecule has 0 aliphatic carbocycles. The Morgan fingerprint density at radius 3 is 2.65 bits per heavy atom. The van der Waals surface area contributed by atoms with Crippen LogP contribution >= 0.6 is 11.6 Å². The molecule has 0 saturated heterocycles. The van der Waals surface area contributed by atoms with Gasteiger partial charge in [0.15, 0.2) is 5.78 Å². The number of benzene rings is 1. The highest BCUT2D eigenvalue weighted by atomic mass is 35.5. The number of hydrogen-bond donors (Lipinski definition) is 0. The second kappa shape index (κ2) is 6.35. The summed E-state index contributed by atoms with van der Waals surface area (Å²) in [5.41, 5.74) is 0.0902. The number of esters is 1. The summed E-state index contributed by atoms with van der Waals surface area (Å²) in [7, 11) is 0. The highest BCUT2D eigenvalue weighted by molar-refractivity contribution is 6.20. The van der Waals surface area contributed by atoms with Crippen LogP contribution in [0.2, 0.25) is 0 Å². The minimum Gasteiger partial charge on any atom is -0.462 e. The molecule has 1 aromatic rings. The second-order valence-corrected chi connectivity index (χ2v) is 3.65. The summed E-state index contributed by atoms with van der Waals surface area (Å²) in [5.74, 6) is -1.46. The third kappa shape index (κ3) is 3.53. The Hall–Kier alpha value is -1.42. The van der Waals surface area contributed by atoms with E-state index in [4.69, 9.17) is 16.3 Å². The van der Waals surface area contributed by atoms with Crippen molar-refractivity contribution in [2.45, 2.75) is 13.3 Å². The highest BCUT2D eigenvalue weighted by Gasteiger charge is 2.18. The fourth-order valence-electron chi connectivity index (χ4n) is 1.35. The number of carbonyl (C=O) groups excluding carboxylic acids is 2. The van der Waals surface area contributed by atoms with E-state index in [1.54, 1.807) is 6.92 Å². The van der Waals surface area contributed by atoms with Gasteiger partial charge in [0.2, 0.25) is 0 Å². The molecule has 0 N–H and O–H groups in total. The van der Waals surface area contributed by atoms with Gasteiger partial charge in [0, 0.05) is 17.9 Å². The van der Waals surface area contributed by atoms with Crippen LogP contribution in [0.4, 0.5) is 4.39 Å². The minimum absolute atomic E-state index is 0.0177. The molecular weight excluding hydrogens is 247 g/mol. The Bertz CT molecular complexity index is 432. The van der Waals surface area contributed by atoms with Gasteiger partial charge in [-0.25, -0.2) is 9.18 Å². The van der Waals surface area contributed by atoms with Gasteiger partial charge in [0.05, 0.1) is 12.2 Å². The zero-order valence-electron chi connectivity index (χ0n) is 9.33. The molecule has 0 unspecified atom stereocenters. The number of halogens is 2. The lowest BCUT2D eigenvalue weighted by atomic mass is 10.0. The topological polar surface area (TPSA) is 43.4 Å². The van der Waals surface area contributed by atoms with Crippen molar-refractivity contribution in [2.75, 3.05) is 12.5 Å². The Labute approximate surface area is 104 Å². The maximum absolute atomic E-state index is 13.1. The maximum atomic E-state index is 13.1. The first-order chi connectivity index (χ1) is 8.10. The van der Waals surface area contributed by atoms with E-state index in [2.05, 4.69) is 0 Å². The third-order valence-corrected chi connectivity index (χ3v) is 2.29. The molecule has 0 atom stereocenters. The zero-order chi connectivity index (χ0) is 12.8. The van der Waals surface area contributed by atoms with E-state index in [-0.39, 0.29) is 35.8 Å². The van der Waals surface area contributed by atoms with E-state index in [1.165, 1.54) is 6.07 Å². The number of Topliss-reactive ketones (excluding diaryl/α,β-unsaturated/α-hetero) is 1. The summed E-state index contributed by atoms with van der Waals surface area (Å²) < 4.78 is 17.8. The van der Waals surface area contributed by atoms with Crippen LogP contribution < -0.4 is 0 Å². The van der Waals surface area contributed by atoms with Crippen molar-refractivity contribution < 1.29 is 18.7 Å². The first-order valence-electron chi connectivity index (χ1n) is 5.16. The first kappa shape index (κ1) is 13.6. The molecular formula is C12H12ClFO3. The standard InChI is InChI=1S/C12H12ClFO3/c1-2-17-12(16)9-4-3-8(14)7-10(9)11(15)5-6-13/h3-4,7H,2,5-6H2,1H3. The molecule has 17 heavy (non-hydrogen) atoms. The lowest BCUT2D eigenvalue weighted by molar-refractivity contribution is 0.0523. The molecule has 92 valence electrons. The van der Waals surface area contributed by atoms with E-state index in [0.717, 1.165) is 12.1 Å². The minimum atomic E-state index is -0.634. The predicted molar refractivity (Wildman–Crippen MR) is 62.0 cm³/mol. The molecule has 0 amide bonds. The number of rotatable bonds is 5. The molecule has 0 aromatic heterocycles. The molecule has 1 rings (SSSR count). The van der Waals surface area contributed by atoms with Gasteiger partial charge in [-0.2, -0.15) is 0 Å². The zero-order valence-corrected chi connectivity index (χ0v) is 10.1. The Kier molecular flexibility index (Phi) is 5.10. The molecule has 0 saturated carbocycles. The molecule has 0 aliphatic heterocycles. The van der Waals surface area contributed by atoms with Crippen LogP contribution in [0.15, 0.2) is 18.2 Å². The fourth-order valence-corrected chi connectivity index (χ4v) is 1.53. The van der Waals surface area contributed by atoms with Gasteiger partial charge in [-0.05, 0) is 25.1 Å². The highest BCUT2D eigenvalue weighted by Crippen LogP contribution is 2.15. The summed E-state index contributed by atoms with van der Waals surface area (Å²) in [4.78, 5) is 23.2. The first-order valence-corrected chi connectivity index (χ1v) is 5.69. The van der Waals surface area contributed by atoms with Gasteiger partial charge in [0.25, 0.3) is 0 Å². The van der Waals surface area contributed by atoms with E-state index in [9.17, 15) is 14.0 Å². The van der Waals surface area contributed by atoms with Gasteiger partial charge >= 0.3 is 5.97 Å². The molecule has 0 aliphatic rings. The SMILES string of the molecule is CCOC(=O)c1ccc(F)cc1C(=O)CCCl. The van der Waals surface area contributed by atoms with Gasteiger partial charge in [-0.3, -0.25) is 4.79 Å². The van der Waals surface area contributed by atoms with Crippen molar-refractivity contribution in [3.05, 3.63) is 35.1 Å². The van der Waals surface area contributed by atoms with Crippen LogP contribution in [0.25, 0.3) is 0 Å². The van der Waals surface area contributed by atoms with E-state index >= 15 is 0 Å². The van der Waals surface area contributed by atoms with Gasteiger partial charge in [-0.1, -0.05) is 0 Å². The normalized spacial score (nSPS) is 10.1. The smallest absolute Gasteiger partial charge is 0.338 e. The molecule has 0 heterocycles. The van der Waals surface area contributed by atoms with Crippen molar-refractivity contribution in [1.29, 1.82) is 0 Å². The average molecular weight is 259 g/mol.